The van der Waals surface area contributed by atoms with Crippen LogP contribution < -0.4 is 0 Å². The molecule has 0 aromatic heterocycles. The molecule has 5 heteroatoms. The van der Waals surface area contributed by atoms with Crippen LogP contribution in [-0.2, 0) is 9.47 Å². The van der Waals surface area contributed by atoms with Crippen LogP contribution in [0.2, 0.25) is 0 Å². The van der Waals surface area contributed by atoms with Gasteiger partial charge < -0.3 is 9.47 Å². The van der Waals surface area contributed by atoms with Gasteiger partial charge in [-0.05, 0) is 17.7 Å². The number of ether oxygens (including phenoxy) is 2. The van der Waals surface area contributed by atoms with E-state index in [9.17, 15) is 9.18 Å². The molecule has 0 aliphatic carbocycles. The van der Waals surface area contributed by atoms with E-state index in [0.29, 0.717) is 6.61 Å². The lowest BCUT2D eigenvalue weighted by Crippen LogP contribution is -2.45. The first kappa shape index (κ1) is 14.1. The van der Waals surface area contributed by atoms with Crippen LogP contribution in [0.25, 0.3) is 6.08 Å². The smallest absolute Gasteiger partial charge is 0.430 e. The fraction of sp³-hybridized carbons (Fsp3) is 0.438. The van der Waals surface area contributed by atoms with E-state index in [2.05, 4.69) is 11.0 Å². The average Bonchev–Trinajstić information content (AvgIpc) is 2.85. The van der Waals surface area contributed by atoms with Crippen molar-refractivity contribution in [2.45, 2.75) is 18.4 Å². The highest BCUT2D eigenvalue weighted by molar-refractivity contribution is 5.62. The van der Waals surface area contributed by atoms with E-state index in [1.807, 2.05) is 6.08 Å². The molecule has 2 aliphatic rings. The number of benzene rings is 1. The highest BCUT2D eigenvalue weighted by Gasteiger charge is 2.44. The van der Waals surface area contributed by atoms with Gasteiger partial charge in [0.15, 0.2) is 5.60 Å². The Labute approximate surface area is 123 Å². The van der Waals surface area contributed by atoms with Crippen LogP contribution in [0.15, 0.2) is 30.3 Å². The van der Waals surface area contributed by atoms with Gasteiger partial charge >= 0.3 is 6.16 Å². The van der Waals surface area contributed by atoms with Gasteiger partial charge in [-0.2, -0.15) is 0 Å². The molecule has 0 saturated carbocycles. The summed E-state index contributed by atoms with van der Waals surface area (Å²) in [7, 11) is 0. The lowest BCUT2D eigenvalue weighted by molar-refractivity contribution is 0.00306. The van der Waals surface area contributed by atoms with Crippen molar-refractivity contribution in [1.29, 1.82) is 0 Å². The summed E-state index contributed by atoms with van der Waals surface area (Å²) in [6, 6.07) is 6.43. The summed E-state index contributed by atoms with van der Waals surface area (Å²) in [6.07, 6.45) is 5.14. The van der Waals surface area contributed by atoms with Crippen molar-refractivity contribution >= 4 is 12.2 Å². The maximum Gasteiger partial charge on any atom is 0.509 e. The van der Waals surface area contributed by atoms with Crippen molar-refractivity contribution in [3.05, 3.63) is 41.7 Å². The number of piperidine rings is 1. The minimum absolute atomic E-state index is 0.221. The van der Waals surface area contributed by atoms with E-state index >= 15 is 0 Å². The van der Waals surface area contributed by atoms with Crippen LogP contribution in [0.4, 0.5) is 9.18 Å². The molecule has 0 radical (unpaired) electrons. The first-order valence-corrected chi connectivity index (χ1v) is 7.16. The SMILES string of the molecule is O=C1OCC2(CCN(C/C=C/c3ccc(F)cc3)CC2)O1. The Morgan fingerprint density at radius 3 is 2.57 bits per heavy atom. The number of carbonyl (C=O) groups excluding carboxylic acids is 1. The number of hydrogen-bond donors (Lipinski definition) is 0. The Hall–Kier alpha value is -1.88. The molecule has 0 atom stereocenters. The van der Waals surface area contributed by atoms with Gasteiger partial charge in [0.1, 0.15) is 12.4 Å². The van der Waals surface area contributed by atoms with Crippen LogP contribution in [0.1, 0.15) is 18.4 Å². The minimum atomic E-state index is -0.542. The average molecular weight is 291 g/mol. The lowest BCUT2D eigenvalue weighted by atomic mass is 9.92. The van der Waals surface area contributed by atoms with Gasteiger partial charge in [-0.3, -0.25) is 4.90 Å². The lowest BCUT2D eigenvalue weighted by Gasteiger charge is -2.35. The minimum Gasteiger partial charge on any atom is -0.430 e. The fourth-order valence-electron chi connectivity index (χ4n) is 2.73. The van der Waals surface area contributed by atoms with Crippen LogP contribution >= 0.6 is 0 Å². The monoisotopic (exact) mass is 291 g/mol. The van der Waals surface area contributed by atoms with Crippen molar-refractivity contribution < 1.29 is 18.7 Å². The summed E-state index contributed by atoms with van der Waals surface area (Å²) in [5.74, 6) is -0.221. The zero-order valence-corrected chi connectivity index (χ0v) is 11.8. The van der Waals surface area contributed by atoms with E-state index in [1.54, 1.807) is 12.1 Å². The molecule has 0 N–H and O–H groups in total. The topological polar surface area (TPSA) is 38.8 Å². The fourth-order valence-corrected chi connectivity index (χ4v) is 2.73. The Bertz CT molecular complexity index is 533. The summed E-state index contributed by atoms with van der Waals surface area (Å²) >= 11 is 0. The Morgan fingerprint density at radius 1 is 1.24 bits per heavy atom. The number of rotatable bonds is 3. The standard InChI is InChI=1S/C16H18FNO3/c17-14-5-3-13(4-6-14)2-1-9-18-10-7-16(8-11-18)12-20-15(19)21-16/h1-6H,7-12H2/b2-1+. The second-order valence-electron chi connectivity index (χ2n) is 5.58. The molecule has 2 saturated heterocycles. The molecule has 2 aliphatic heterocycles. The number of halogens is 1. The van der Waals surface area contributed by atoms with E-state index in [0.717, 1.165) is 38.0 Å². The van der Waals surface area contributed by atoms with Gasteiger partial charge in [0.05, 0.1) is 0 Å². The van der Waals surface area contributed by atoms with Crippen molar-refractivity contribution in [2.24, 2.45) is 0 Å². The molecule has 2 fully saturated rings. The molecule has 0 amide bonds. The summed E-state index contributed by atoms with van der Waals surface area (Å²) < 4.78 is 23.0. The molecule has 0 unspecified atom stereocenters. The zero-order chi connectivity index (χ0) is 14.7. The van der Waals surface area contributed by atoms with Gasteiger partial charge in [-0.25, -0.2) is 9.18 Å². The number of carbonyl (C=O) groups is 1. The van der Waals surface area contributed by atoms with Crippen LogP contribution in [0.3, 0.4) is 0 Å². The van der Waals surface area contributed by atoms with Gasteiger partial charge in [0, 0.05) is 32.5 Å². The van der Waals surface area contributed by atoms with Crippen LogP contribution in [-0.4, -0.2) is 42.9 Å². The van der Waals surface area contributed by atoms with Crippen molar-refractivity contribution in [3.63, 3.8) is 0 Å². The Balaban J connectivity index is 1.47. The third-order valence-corrected chi connectivity index (χ3v) is 4.06. The van der Waals surface area contributed by atoms with Gasteiger partial charge in [0.2, 0.25) is 0 Å². The third-order valence-electron chi connectivity index (χ3n) is 4.06. The predicted octanol–water partition coefficient (Wildman–Crippen LogP) is 2.84. The third kappa shape index (κ3) is 3.42. The molecule has 2 heterocycles. The summed E-state index contributed by atoms with van der Waals surface area (Å²) in [6.45, 7) is 2.97. The molecule has 1 aromatic rings. The maximum absolute atomic E-state index is 12.8. The molecule has 1 aromatic carbocycles. The molecular formula is C16H18FNO3. The first-order valence-electron chi connectivity index (χ1n) is 7.16. The maximum atomic E-state index is 12.8. The van der Waals surface area contributed by atoms with Gasteiger partial charge in [-0.15, -0.1) is 0 Å². The highest BCUT2D eigenvalue weighted by atomic mass is 19.1. The predicted molar refractivity (Wildman–Crippen MR) is 76.3 cm³/mol. The second kappa shape index (κ2) is 5.85. The van der Waals surface area contributed by atoms with E-state index < -0.39 is 11.8 Å². The van der Waals surface area contributed by atoms with E-state index in [1.165, 1.54) is 12.1 Å². The largest absolute Gasteiger partial charge is 0.509 e. The zero-order valence-electron chi connectivity index (χ0n) is 11.8. The Morgan fingerprint density at radius 2 is 1.95 bits per heavy atom. The number of cyclic esters (lactones) is 1. The molecule has 3 rings (SSSR count). The summed E-state index contributed by atoms with van der Waals surface area (Å²) in [5, 5.41) is 0. The summed E-state index contributed by atoms with van der Waals surface area (Å²) in [5.41, 5.74) is 0.594. The second-order valence-corrected chi connectivity index (χ2v) is 5.58. The molecule has 1 spiro atoms. The molecule has 0 bridgehead atoms. The van der Waals surface area contributed by atoms with Gasteiger partial charge in [-0.1, -0.05) is 24.3 Å². The van der Waals surface area contributed by atoms with Crippen molar-refractivity contribution in [3.8, 4) is 0 Å². The first-order chi connectivity index (χ1) is 10.2. The van der Waals surface area contributed by atoms with Crippen LogP contribution in [0, 0.1) is 5.82 Å². The highest BCUT2D eigenvalue weighted by Crippen LogP contribution is 2.31. The van der Waals surface area contributed by atoms with Crippen molar-refractivity contribution in [2.75, 3.05) is 26.2 Å². The quantitative estimate of drug-likeness (QED) is 0.803. The molecule has 112 valence electrons. The van der Waals surface area contributed by atoms with E-state index in [4.69, 9.17) is 9.47 Å². The molecular weight excluding hydrogens is 273 g/mol. The Kier molecular flexibility index (Phi) is 3.92. The molecule has 4 nitrogen and oxygen atoms in total. The van der Waals surface area contributed by atoms with Gasteiger partial charge in [0.25, 0.3) is 0 Å². The van der Waals surface area contributed by atoms with Crippen molar-refractivity contribution in [1.82, 2.24) is 4.90 Å². The molecule has 21 heavy (non-hydrogen) atoms. The number of hydrogen-bond acceptors (Lipinski definition) is 4. The normalized spacial score (nSPS) is 21.7. The van der Waals surface area contributed by atoms with Crippen LogP contribution in [0.5, 0.6) is 0 Å². The number of likely N-dealkylation sites (tertiary alicyclic amines) is 1. The summed E-state index contributed by atoms with van der Waals surface area (Å²) in [4.78, 5) is 13.4. The van der Waals surface area contributed by atoms with E-state index in [-0.39, 0.29) is 5.82 Å². The number of nitrogens with zero attached hydrogens (tertiary/aromatic N) is 1.